The molecule has 0 aliphatic heterocycles. The highest BCUT2D eigenvalue weighted by molar-refractivity contribution is 6.34. The lowest BCUT2D eigenvalue weighted by Crippen LogP contribution is -2.13. The average molecular weight is 288 g/mol. The Morgan fingerprint density at radius 2 is 1.80 bits per heavy atom. The Bertz CT molecular complexity index is 609. The van der Waals surface area contributed by atoms with Crippen molar-refractivity contribution in [3.05, 3.63) is 63.7 Å². The van der Waals surface area contributed by atoms with Gasteiger partial charge in [0.25, 0.3) is 5.91 Å². The number of carbonyl (C=O) groups is 1. The molecule has 0 spiro atoms. The van der Waals surface area contributed by atoms with Crippen LogP contribution in [0.1, 0.15) is 34.0 Å². The maximum Gasteiger partial charge on any atom is 0.255 e. The molecule has 2 nitrogen and oxygen atoms in total. The van der Waals surface area contributed by atoms with Gasteiger partial charge in [-0.3, -0.25) is 4.79 Å². The van der Waals surface area contributed by atoms with Crippen LogP contribution < -0.4 is 5.32 Å². The zero-order valence-corrected chi connectivity index (χ0v) is 12.7. The number of aryl methyl sites for hydroxylation is 3. The molecule has 0 bridgehead atoms. The highest BCUT2D eigenvalue weighted by Gasteiger charge is 2.11. The molecule has 0 aromatic heterocycles. The van der Waals surface area contributed by atoms with Crippen LogP contribution in [-0.4, -0.2) is 5.91 Å². The first kappa shape index (κ1) is 14.6. The number of hydrogen-bond donors (Lipinski definition) is 1. The molecule has 0 atom stereocenters. The minimum absolute atomic E-state index is 0.137. The Balaban J connectivity index is 2.23. The molecule has 0 aliphatic rings. The normalized spacial score (nSPS) is 10.4. The van der Waals surface area contributed by atoms with Crippen molar-refractivity contribution >= 4 is 23.2 Å². The third kappa shape index (κ3) is 3.20. The number of rotatable bonds is 3. The third-order valence-corrected chi connectivity index (χ3v) is 3.59. The smallest absolute Gasteiger partial charge is 0.255 e. The lowest BCUT2D eigenvalue weighted by Gasteiger charge is -2.11. The molecule has 20 heavy (non-hydrogen) atoms. The molecule has 2 rings (SSSR count). The Kier molecular flexibility index (Phi) is 4.46. The largest absolute Gasteiger partial charge is 0.320 e. The summed E-state index contributed by atoms with van der Waals surface area (Å²) in [6.45, 7) is 6.01. The number of hydrogen-bond acceptors (Lipinski definition) is 1. The van der Waals surface area contributed by atoms with Gasteiger partial charge in [0.05, 0.1) is 10.7 Å². The van der Waals surface area contributed by atoms with Crippen LogP contribution in [0, 0.1) is 13.8 Å². The number of amides is 1. The van der Waals surface area contributed by atoms with Crippen LogP contribution in [0.5, 0.6) is 0 Å². The van der Waals surface area contributed by atoms with Crippen LogP contribution in [0.4, 0.5) is 5.69 Å². The monoisotopic (exact) mass is 287 g/mol. The molecule has 2 aromatic carbocycles. The predicted molar refractivity (Wildman–Crippen MR) is 84.7 cm³/mol. The van der Waals surface area contributed by atoms with Crippen molar-refractivity contribution in [2.24, 2.45) is 0 Å². The minimum Gasteiger partial charge on any atom is -0.320 e. The highest BCUT2D eigenvalue weighted by Crippen LogP contribution is 2.27. The zero-order chi connectivity index (χ0) is 14.7. The van der Waals surface area contributed by atoms with Gasteiger partial charge in [-0.2, -0.15) is 0 Å². The Labute approximate surface area is 124 Å². The van der Waals surface area contributed by atoms with E-state index in [1.807, 2.05) is 50.2 Å². The summed E-state index contributed by atoms with van der Waals surface area (Å²) in [7, 11) is 0. The van der Waals surface area contributed by atoms with E-state index >= 15 is 0 Å². The van der Waals surface area contributed by atoms with Gasteiger partial charge < -0.3 is 5.32 Å². The fourth-order valence-electron chi connectivity index (χ4n) is 2.15. The molecule has 0 radical (unpaired) electrons. The van der Waals surface area contributed by atoms with Gasteiger partial charge >= 0.3 is 0 Å². The van der Waals surface area contributed by atoms with E-state index in [9.17, 15) is 4.79 Å². The lowest BCUT2D eigenvalue weighted by atomic mass is 10.1. The Hall–Kier alpha value is -1.80. The van der Waals surface area contributed by atoms with Crippen LogP contribution in [0.3, 0.4) is 0 Å². The first-order valence-electron chi connectivity index (χ1n) is 6.68. The summed E-state index contributed by atoms with van der Waals surface area (Å²) >= 11 is 6.20. The standard InChI is InChI=1S/C17H18ClNO/c1-4-13-5-7-14(8-6-13)17(20)19-16-12(3)9-11(2)10-15(16)18/h5-10H,4H2,1-3H3,(H,19,20). The van der Waals surface area contributed by atoms with Gasteiger partial charge in [0.15, 0.2) is 0 Å². The van der Waals surface area contributed by atoms with Crippen LogP contribution in [0.15, 0.2) is 36.4 Å². The summed E-state index contributed by atoms with van der Waals surface area (Å²) in [6.07, 6.45) is 0.963. The minimum atomic E-state index is -0.137. The van der Waals surface area contributed by atoms with Crippen molar-refractivity contribution in [3.8, 4) is 0 Å². The second-order valence-electron chi connectivity index (χ2n) is 4.94. The number of halogens is 1. The summed E-state index contributed by atoms with van der Waals surface area (Å²) in [6, 6.07) is 11.5. The van der Waals surface area contributed by atoms with E-state index in [0.717, 1.165) is 17.5 Å². The van der Waals surface area contributed by atoms with Crippen LogP contribution in [-0.2, 0) is 6.42 Å². The summed E-state index contributed by atoms with van der Waals surface area (Å²) in [5.41, 5.74) is 4.58. The topological polar surface area (TPSA) is 29.1 Å². The molecule has 0 saturated carbocycles. The number of anilines is 1. The summed E-state index contributed by atoms with van der Waals surface area (Å²) in [5.74, 6) is -0.137. The molecule has 104 valence electrons. The molecule has 1 amide bonds. The average Bonchev–Trinajstić information content (AvgIpc) is 2.42. The third-order valence-electron chi connectivity index (χ3n) is 3.29. The van der Waals surface area contributed by atoms with E-state index < -0.39 is 0 Å². The van der Waals surface area contributed by atoms with E-state index in [1.165, 1.54) is 5.56 Å². The fraction of sp³-hybridized carbons (Fsp3) is 0.235. The van der Waals surface area contributed by atoms with Crippen molar-refractivity contribution in [1.29, 1.82) is 0 Å². The number of benzene rings is 2. The van der Waals surface area contributed by atoms with E-state index in [0.29, 0.717) is 16.3 Å². The van der Waals surface area contributed by atoms with Gasteiger partial charge in [-0.25, -0.2) is 0 Å². The van der Waals surface area contributed by atoms with Crippen molar-refractivity contribution < 1.29 is 4.79 Å². The van der Waals surface area contributed by atoms with Crippen molar-refractivity contribution in [2.75, 3.05) is 5.32 Å². The van der Waals surface area contributed by atoms with Crippen molar-refractivity contribution in [1.82, 2.24) is 0 Å². The molecule has 0 aliphatic carbocycles. The van der Waals surface area contributed by atoms with Gasteiger partial charge in [0.2, 0.25) is 0 Å². The van der Waals surface area contributed by atoms with E-state index in [-0.39, 0.29) is 5.91 Å². The first-order valence-corrected chi connectivity index (χ1v) is 7.06. The molecule has 0 heterocycles. The van der Waals surface area contributed by atoms with Crippen molar-refractivity contribution in [3.63, 3.8) is 0 Å². The second kappa shape index (κ2) is 6.10. The van der Waals surface area contributed by atoms with Gasteiger partial charge in [0, 0.05) is 5.56 Å². The SMILES string of the molecule is CCc1ccc(C(=O)Nc2c(C)cc(C)cc2Cl)cc1. The molecule has 1 N–H and O–H groups in total. The maximum atomic E-state index is 12.2. The van der Waals surface area contributed by atoms with E-state index in [1.54, 1.807) is 0 Å². The second-order valence-corrected chi connectivity index (χ2v) is 5.35. The molecule has 0 unspecified atom stereocenters. The lowest BCUT2D eigenvalue weighted by molar-refractivity contribution is 0.102. The fourth-order valence-corrected chi connectivity index (χ4v) is 2.52. The molecular weight excluding hydrogens is 270 g/mol. The van der Waals surface area contributed by atoms with Crippen molar-refractivity contribution in [2.45, 2.75) is 27.2 Å². The zero-order valence-electron chi connectivity index (χ0n) is 12.0. The van der Waals surface area contributed by atoms with Crippen LogP contribution in [0.25, 0.3) is 0 Å². The Morgan fingerprint density at radius 3 is 2.35 bits per heavy atom. The summed E-state index contributed by atoms with van der Waals surface area (Å²) in [4.78, 5) is 12.2. The molecule has 0 saturated heterocycles. The van der Waals surface area contributed by atoms with Gasteiger partial charge in [-0.05, 0) is 55.2 Å². The van der Waals surface area contributed by atoms with Crippen LogP contribution in [0.2, 0.25) is 5.02 Å². The molecule has 3 heteroatoms. The first-order chi connectivity index (χ1) is 9.51. The maximum absolute atomic E-state index is 12.2. The van der Waals surface area contributed by atoms with E-state index in [4.69, 9.17) is 11.6 Å². The summed E-state index contributed by atoms with van der Waals surface area (Å²) < 4.78 is 0. The van der Waals surface area contributed by atoms with Gasteiger partial charge in [-0.15, -0.1) is 0 Å². The van der Waals surface area contributed by atoms with Gasteiger partial charge in [-0.1, -0.05) is 36.7 Å². The number of nitrogens with one attached hydrogen (secondary N) is 1. The number of carbonyl (C=O) groups excluding carboxylic acids is 1. The highest BCUT2D eigenvalue weighted by atomic mass is 35.5. The molecule has 2 aromatic rings. The quantitative estimate of drug-likeness (QED) is 0.865. The van der Waals surface area contributed by atoms with Gasteiger partial charge in [0.1, 0.15) is 0 Å². The predicted octanol–water partition coefficient (Wildman–Crippen LogP) is 4.77. The van der Waals surface area contributed by atoms with Crippen LogP contribution >= 0.6 is 11.6 Å². The van der Waals surface area contributed by atoms with E-state index in [2.05, 4.69) is 12.2 Å². The molecule has 0 fully saturated rings. The summed E-state index contributed by atoms with van der Waals surface area (Å²) in [5, 5.41) is 3.46. The Morgan fingerprint density at radius 1 is 1.15 bits per heavy atom. The molecular formula is C17H18ClNO.